The molecule has 2 atom stereocenters. The van der Waals surface area contributed by atoms with Crippen LogP contribution < -0.4 is 24.6 Å². The molecule has 1 fully saturated rings. The van der Waals surface area contributed by atoms with Gasteiger partial charge in [0.25, 0.3) is 0 Å². The summed E-state index contributed by atoms with van der Waals surface area (Å²) >= 11 is 0. The van der Waals surface area contributed by atoms with Gasteiger partial charge >= 0.3 is 18.2 Å². The highest BCUT2D eigenvalue weighted by Crippen LogP contribution is 2.27. The van der Waals surface area contributed by atoms with E-state index in [2.05, 4.69) is 29.8 Å². The molecule has 0 aliphatic carbocycles. The van der Waals surface area contributed by atoms with Crippen LogP contribution in [-0.2, 0) is 6.54 Å². The molecule has 3 aromatic rings. The van der Waals surface area contributed by atoms with E-state index < -0.39 is 11.3 Å². The molecule has 0 amide bonds. The molecular formula is C24H27F3N8O4. The maximum absolute atomic E-state index is 12.4. The molecule has 1 unspecified atom stereocenters. The van der Waals surface area contributed by atoms with Gasteiger partial charge in [-0.05, 0) is 43.0 Å². The number of fused-ring (bicyclic) bond motifs is 1. The molecule has 0 radical (unpaired) electrons. The smallest absolute Gasteiger partial charge is 0.444 e. The average Bonchev–Trinajstić information content (AvgIpc) is 3.32. The number of nitro groups is 1. The van der Waals surface area contributed by atoms with Crippen LogP contribution in [0.5, 0.6) is 11.8 Å². The molecular weight excluding hydrogens is 521 g/mol. The summed E-state index contributed by atoms with van der Waals surface area (Å²) in [6.07, 6.45) is -1.54. The lowest BCUT2D eigenvalue weighted by Gasteiger charge is -2.36. The fraction of sp³-hybridized carbons (Fsp3) is 0.458. The van der Waals surface area contributed by atoms with E-state index in [4.69, 9.17) is 9.72 Å². The zero-order chi connectivity index (χ0) is 27.7. The monoisotopic (exact) mass is 548 g/mol. The van der Waals surface area contributed by atoms with Crippen LogP contribution >= 0.6 is 0 Å². The third-order valence-electron chi connectivity index (χ3n) is 6.70. The van der Waals surface area contributed by atoms with Gasteiger partial charge in [-0.3, -0.25) is 4.57 Å². The topological polar surface area (TPSA) is 124 Å². The first-order valence-electron chi connectivity index (χ1n) is 12.4. The summed E-state index contributed by atoms with van der Waals surface area (Å²) in [5, 5.41) is 14.5. The van der Waals surface area contributed by atoms with Crippen molar-refractivity contribution in [1.82, 2.24) is 24.8 Å². The number of nitrogens with zero attached hydrogens (tertiary/aromatic N) is 7. The molecule has 0 spiro atoms. The van der Waals surface area contributed by atoms with Crippen LogP contribution in [0.15, 0.2) is 36.7 Å². The van der Waals surface area contributed by atoms with Crippen molar-refractivity contribution in [2.45, 2.75) is 38.8 Å². The summed E-state index contributed by atoms with van der Waals surface area (Å²) in [6.45, 7) is 7.39. The Labute approximate surface area is 221 Å². The number of benzene rings is 1. The van der Waals surface area contributed by atoms with Gasteiger partial charge < -0.3 is 34.7 Å². The van der Waals surface area contributed by atoms with E-state index >= 15 is 0 Å². The van der Waals surface area contributed by atoms with Crippen molar-refractivity contribution in [2.75, 3.05) is 42.6 Å². The molecule has 15 heteroatoms. The second-order valence-electron chi connectivity index (χ2n) is 9.41. The quantitative estimate of drug-likeness (QED) is 0.348. The van der Waals surface area contributed by atoms with Gasteiger partial charge in [0.05, 0.1) is 6.04 Å². The highest BCUT2D eigenvalue weighted by molar-refractivity contribution is 5.51. The number of alkyl halides is 3. The van der Waals surface area contributed by atoms with Crippen LogP contribution in [-0.4, -0.2) is 69.6 Å². The predicted molar refractivity (Wildman–Crippen MR) is 134 cm³/mol. The van der Waals surface area contributed by atoms with Gasteiger partial charge in [-0.1, -0.05) is 0 Å². The van der Waals surface area contributed by atoms with Gasteiger partial charge in [-0.15, -0.1) is 13.2 Å². The molecule has 0 saturated carbocycles. The number of ether oxygens (including phenoxy) is 2. The Hall–Kier alpha value is -4.14. The molecule has 2 aliphatic heterocycles. The maximum atomic E-state index is 12.4. The summed E-state index contributed by atoms with van der Waals surface area (Å²) in [4.78, 5) is 27.8. The van der Waals surface area contributed by atoms with E-state index in [-0.39, 0.29) is 29.7 Å². The largest absolute Gasteiger partial charge is 0.573 e. The van der Waals surface area contributed by atoms with Crippen molar-refractivity contribution in [3.63, 3.8) is 0 Å². The van der Waals surface area contributed by atoms with Crippen molar-refractivity contribution < 1.29 is 27.6 Å². The number of halogens is 3. The zero-order valence-corrected chi connectivity index (χ0v) is 21.3. The first-order chi connectivity index (χ1) is 18.6. The highest BCUT2D eigenvalue weighted by Gasteiger charge is 2.31. The van der Waals surface area contributed by atoms with Gasteiger partial charge in [0, 0.05) is 66.9 Å². The fourth-order valence-corrected chi connectivity index (χ4v) is 4.79. The fourth-order valence-electron chi connectivity index (χ4n) is 4.79. The number of hydrogen-bond acceptors (Lipinski definition) is 10. The van der Waals surface area contributed by atoms with E-state index in [1.165, 1.54) is 18.3 Å². The summed E-state index contributed by atoms with van der Waals surface area (Å²) in [5.41, 5.74) is 2.58. The minimum atomic E-state index is -4.71. The standard InChI is InChI=1S/C24H27F3N8O4/c1-15(29-17-12-34-13-21(35(36)37)31-23(34)38-14-17)20-11-28-22(30-16(20)2)33-9-7-32(8-10-33)18-3-5-19(6-4-18)39-24(25,26)27/h3-6,11,13,15,17,29H,7-10,12,14H2,1-2H3/t15?,17-/m0/s1. The average molecular weight is 549 g/mol. The second-order valence-corrected chi connectivity index (χ2v) is 9.41. The maximum Gasteiger partial charge on any atom is 0.573 e. The molecule has 0 bridgehead atoms. The SMILES string of the molecule is Cc1nc(N2CCN(c3ccc(OC(F)(F)F)cc3)CC2)ncc1C(C)N[C@@H]1COc2nc([N+](=O)[O-])cn2C1. The van der Waals surface area contributed by atoms with Crippen molar-refractivity contribution in [3.05, 3.63) is 58.0 Å². The Balaban J connectivity index is 1.16. The third kappa shape index (κ3) is 6.13. The van der Waals surface area contributed by atoms with Gasteiger partial charge in [0.1, 0.15) is 18.6 Å². The van der Waals surface area contributed by atoms with Gasteiger partial charge in [-0.25, -0.2) is 9.97 Å². The van der Waals surface area contributed by atoms with Crippen molar-refractivity contribution >= 4 is 17.5 Å². The van der Waals surface area contributed by atoms with Crippen molar-refractivity contribution in [3.8, 4) is 11.8 Å². The van der Waals surface area contributed by atoms with Crippen LogP contribution in [0.1, 0.15) is 24.2 Å². The molecule has 39 heavy (non-hydrogen) atoms. The third-order valence-corrected chi connectivity index (χ3v) is 6.70. The Morgan fingerprint density at radius 1 is 1.15 bits per heavy atom. The molecule has 5 rings (SSSR count). The Bertz CT molecular complexity index is 1330. The minimum Gasteiger partial charge on any atom is -0.444 e. The predicted octanol–water partition coefficient (Wildman–Crippen LogP) is 3.23. The normalized spacial score (nSPS) is 18.3. The van der Waals surface area contributed by atoms with Crippen LogP contribution in [0.25, 0.3) is 0 Å². The van der Waals surface area contributed by atoms with Crippen LogP contribution in [0, 0.1) is 17.0 Å². The number of aryl methyl sites for hydroxylation is 1. The van der Waals surface area contributed by atoms with Gasteiger partial charge in [0.15, 0.2) is 0 Å². The van der Waals surface area contributed by atoms with Gasteiger partial charge in [0.2, 0.25) is 5.95 Å². The highest BCUT2D eigenvalue weighted by atomic mass is 19.4. The van der Waals surface area contributed by atoms with E-state index in [0.717, 1.165) is 16.9 Å². The minimum absolute atomic E-state index is 0.0810. The number of aromatic nitrogens is 4. The first kappa shape index (κ1) is 26.5. The lowest BCUT2D eigenvalue weighted by molar-refractivity contribution is -0.389. The number of nitrogens with one attached hydrogen (secondary N) is 1. The summed E-state index contributed by atoms with van der Waals surface area (Å²) in [7, 11) is 0. The number of anilines is 2. The molecule has 1 aromatic carbocycles. The number of piperazine rings is 1. The van der Waals surface area contributed by atoms with E-state index in [9.17, 15) is 23.3 Å². The molecule has 12 nitrogen and oxygen atoms in total. The summed E-state index contributed by atoms with van der Waals surface area (Å²) in [5.74, 6) is 0.130. The number of imidazole rings is 1. The lowest BCUT2D eigenvalue weighted by Crippen LogP contribution is -2.47. The Kier molecular flexibility index (Phi) is 7.16. The molecule has 208 valence electrons. The summed E-state index contributed by atoms with van der Waals surface area (Å²) in [6, 6.07) is 5.93. The van der Waals surface area contributed by atoms with Crippen LogP contribution in [0.4, 0.5) is 30.6 Å². The number of hydrogen-bond donors (Lipinski definition) is 1. The lowest BCUT2D eigenvalue weighted by atomic mass is 10.1. The van der Waals surface area contributed by atoms with E-state index in [1.54, 1.807) is 22.9 Å². The molecule has 2 aromatic heterocycles. The molecule has 1 saturated heterocycles. The van der Waals surface area contributed by atoms with Crippen molar-refractivity contribution in [1.29, 1.82) is 0 Å². The van der Waals surface area contributed by atoms with Crippen LogP contribution in [0.3, 0.4) is 0 Å². The van der Waals surface area contributed by atoms with E-state index in [0.29, 0.717) is 45.3 Å². The zero-order valence-electron chi connectivity index (χ0n) is 21.3. The van der Waals surface area contributed by atoms with Crippen molar-refractivity contribution in [2.24, 2.45) is 0 Å². The summed E-state index contributed by atoms with van der Waals surface area (Å²) < 4.78 is 48.3. The van der Waals surface area contributed by atoms with E-state index in [1.807, 2.05) is 13.8 Å². The molecule has 2 aliphatic rings. The first-order valence-corrected chi connectivity index (χ1v) is 12.4. The molecule has 1 N–H and O–H groups in total. The van der Waals surface area contributed by atoms with Crippen LogP contribution in [0.2, 0.25) is 0 Å². The second kappa shape index (κ2) is 10.6. The Morgan fingerprint density at radius 2 is 1.85 bits per heavy atom. The molecule has 4 heterocycles. The van der Waals surface area contributed by atoms with Gasteiger partial charge in [-0.2, -0.15) is 0 Å². The Morgan fingerprint density at radius 3 is 2.49 bits per heavy atom. The number of rotatable bonds is 7.